The molecule has 122 valence electrons. The van der Waals surface area contributed by atoms with E-state index in [4.69, 9.17) is 0 Å². The summed E-state index contributed by atoms with van der Waals surface area (Å²) in [5, 5.41) is 9.76. The minimum Gasteiger partial charge on any atom is -0.323 e. The summed E-state index contributed by atoms with van der Waals surface area (Å²) in [6.07, 6.45) is 2.89. The molecule has 2 bridgehead atoms. The van der Waals surface area contributed by atoms with Gasteiger partial charge in [-0.2, -0.15) is 18.3 Å². The second-order valence-electron chi connectivity index (χ2n) is 6.27. The zero-order valence-electron chi connectivity index (χ0n) is 12.1. The third-order valence-electron chi connectivity index (χ3n) is 4.30. The molecule has 1 aromatic rings. The maximum absolute atomic E-state index is 12.2. The van der Waals surface area contributed by atoms with E-state index in [-0.39, 0.29) is 5.91 Å². The molecule has 5 nitrogen and oxygen atoms in total. The Kier molecular flexibility index (Phi) is 4.12. The SMILES string of the molecule is O=C(CC1CC2CCC(C1)N2)Nc1cnn(CC(F)(F)F)c1. The number of hydrogen-bond acceptors (Lipinski definition) is 3. The van der Waals surface area contributed by atoms with Crippen LogP contribution in [0.5, 0.6) is 0 Å². The number of rotatable bonds is 4. The highest BCUT2D eigenvalue weighted by atomic mass is 19.4. The lowest BCUT2D eigenvalue weighted by atomic mass is 9.89. The fourth-order valence-electron chi connectivity index (χ4n) is 3.51. The predicted molar refractivity (Wildman–Crippen MR) is 74.2 cm³/mol. The number of halogens is 3. The summed E-state index contributed by atoms with van der Waals surface area (Å²) in [5.74, 6) is 0.196. The quantitative estimate of drug-likeness (QED) is 0.896. The maximum Gasteiger partial charge on any atom is 0.408 e. The lowest BCUT2D eigenvalue weighted by Crippen LogP contribution is -2.39. The van der Waals surface area contributed by atoms with Crippen LogP contribution >= 0.6 is 0 Å². The van der Waals surface area contributed by atoms with Crippen molar-refractivity contribution in [2.45, 2.75) is 56.9 Å². The number of fused-ring (bicyclic) bond motifs is 2. The van der Waals surface area contributed by atoms with Crippen molar-refractivity contribution in [1.29, 1.82) is 0 Å². The van der Waals surface area contributed by atoms with Crippen LogP contribution in [0.15, 0.2) is 12.4 Å². The van der Waals surface area contributed by atoms with Gasteiger partial charge in [-0.25, -0.2) is 0 Å². The average Bonchev–Trinajstić information content (AvgIpc) is 2.94. The van der Waals surface area contributed by atoms with E-state index in [0.717, 1.165) is 17.5 Å². The van der Waals surface area contributed by atoms with Crippen molar-refractivity contribution in [3.8, 4) is 0 Å². The molecule has 2 N–H and O–H groups in total. The van der Waals surface area contributed by atoms with Gasteiger partial charge in [-0.15, -0.1) is 0 Å². The standard InChI is InChI=1S/C14H19F3N4O/c15-14(16,17)8-21-7-12(6-18-21)20-13(22)5-9-3-10-1-2-11(4-9)19-10/h6-7,9-11,19H,1-5,8H2,(H,20,22). The number of anilines is 1. The van der Waals surface area contributed by atoms with E-state index in [9.17, 15) is 18.0 Å². The minimum absolute atomic E-state index is 0.155. The van der Waals surface area contributed by atoms with Crippen LogP contribution in [-0.2, 0) is 11.3 Å². The molecule has 22 heavy (non-hydrogen) atoms. The third-order valence-corrected chi connectivity index (χ3v) is 4.30. The number of hydrogen-bond donors (Lipinski definition) is 2. The van der Waals surface area contributed by atoms with Crippen LogP contribution in [0.3, 0.4) is 0 Å². The predicted octanol–water partition coefficient (Wildman–Crippen LogP) is 2.30. The minimum atomic E-state index is -4.32. The Balaban J connectivity index is 1.49. The van der Waals surface area contributed by atoms with Crippen molar-refractivity contribution in [2.75, 3.05) is 5.32 Å². The van der Waals surface area contributed by atoms with Gasteiger partial charge in [0.2, 0.25) is 5.91 Å². The third kappa shape index (κ3) is 4.00. The van der Waals surface area contributed by atoms with Gasteiger partial charge in [0.1, 0.15) is 6.54 Å². The maximum atomic E-state index is 12.2. The fraction of sp³-hybridized carbons (Fsp3) is 0.714. The molecule has 0 aliphatic carbocycles. The van der Waals surface area contributed by atoms with Crippen molar-refractivity contribution in [3.05, 3.63) is 12.4 Å². The molecule has 3 rings (SSSR count). The molecule has 1 amide bonds. The molecule has 8 heteroatoms. The van der Waals surface area contributed by atoms with Crippen molar-refractivity contribution in [1.82, 2.24) is 15.1 Å². The fourth-order valence-corrected chi connectivity index (χ4v) is 3.51. The summed E-state index contributed by atoms with van der Waals surface area (Å²) >= 11 is 0. The Morgan fingerprint density at radius 3 is 2.68 bits per heavy atom. The molecule has 2 unspecified atom stereocenters. The van der Waals surface area contributed by atoms with E-state index >= 15 is 0 Å². The Bertz CT molecular complexity index is 530. The van der Waals surface area contributed by atoms with Crippen LogP contribution in [0.25, 0.3) is 0 Å². The first-order valence-electron chi connectivity index (χ1n) is 7.52. The number of nitrogens with zero attached hydrogens (tertiary/aromatic N) is 2. The zero-order valence-corrected chi connectivity index (χ0v) is 12.1. The van der Waals surface area contributed by atoms with Gasteiger partial charge < -0.3 is 10.6 Å². The Labute approximate surface area is 126 Å². The van der Waals surface area contributed by atoms with Gasteiger partial charge in [0.25, 0.3) is 0 Å². The lowest BCUT2D eigenvalue weighted by molar-refractivity contribution is -0.142. The number of aromatic nitrogens is 2. The second kappa shape index (κ2) is 5.91. The van der Waals surface area contributed by atoms with Gasteiger partial charge in [-0.1, -0.05) is 0 Å². The first-order valence-corrected chi connectivity index (χ1v) is 7.52. The highest BCUT2D eigenvalue weighted by Crippen LogP contribution is 2.32. The topological polar surface area (TPSA) is 59.0 Å². The van der Waals surface area contributed by atoms with Crippen LogP contribution in [0.2, 0.25) is 0 Å². The highest BCUT2D eigenvalue weighted by Gasteiger charge is 2.34. The molecule has 0 radical (unpaired) electrons. The van der Waals surface area contributed by atoms with E-state index < -0.39 is 12.7 Å². The number of nitrogens with one attached hydrogen (secondary N) is 2. The summed E-state index contributed by atoms with van der Waals surface area (Å²) in [7, 11) is 0. The molecule has 2 aliphatic rings. The summed E-state index contributed by atoms with van der Waals surface area (Å²) in [6, 6.07) is 1.04. The lowest BCUT2D eigenvalue weighted by Gasteiger charge is -2.28. The molecule has 0 spiro atoms. The largest absolute Gasteiger partial charge is 0.408 e. The Morgan fingerprint density at radius 2 is 2.05 bits per heavy atom. The first-order chi connectivity index (χ1) is 10.4. The van der Waals surface area contributed by atoms with E-state index in [1.807, 2.05) is 0 Å². The van der Waals surface area contributed by atoms with Gasteiger partial charge in [0.15, 0.2) is 0 Å². The Morgan fingerprint density at radius 1 is 1.36 bits per heavy atom. The second-order valence-corrected chi connectivity index (χ2v) is 6.27. The zero-order chi connectivity index (χ0) is 15.7. The smallest absolute Gasteiger partial charge is 0.323 e. The molecule has 0 saturated carbocycles. The number of carbonyl (C=O) groups is 1. The van der Waals surface area contributed by atoms with Crippen LogP contribution in [-0.4, -0.2) is 33.9 Å². The molecular formula is C14H19F3N4O. The average molecular weight is 316 g/mol. The highest BCUT2D eigenvalue weighted by molar-refractivity contribution is 5.90. The van der Waals surface area contributed by atoms with E-state index in [2.05, 4.69) is 15.7 Å². The van der Waals surface area contributed by atoms with E-state index in [1.165, 1.54) is 25.2 Å². The molecule has 2 aliphatic heterocycles. The monoisotopic (exact) mass is 316 g/mol. The molecule has 2 fully saturated rings. The van der Waals surface area contributed by atoms with Crippen LogP contribution < -0.4 is 10.6 Å². The van der Waals surface area contributed by atoms with E-state index in [1.54, 1.807) is 0 Å². The van der Waals surface area contributed by atoms with Gasteiger partial charge in [-0.3, -0.25) is 9.48 Å². The first kappa shape index (κ1) is 15.3. The van der Waals surface area contributed by atoms with Crippen LogP contribution in [0.1, 0.15) is 32.1 Å². The van der Waals surface area contributed by atoms with Crippen LogP contribution in [0, 0.1) is 5.92 Å². The van der Waals surface area contributed by atoms with Gasteiger partial charge in [0.05, 0.1) is 11.9 Å². The van der Waals surface area contributed by atoms with Crippen molar-refractivity contribution in [2.24, 2.45) is 5.92 Å². The molecule has 1 aromatic heterocycles. The number of piperidine rings is 1. The summed E-state index contributed by atoms with van der Waals surface area (Å²) in [6.45, 7) is -1.15. The number of alkyl halides is 3. The number of carbonyl (C=O) groups excluding carboxylic acids is 1. The van der Waals surface area contributed by atoms with Crippen LogP contribution in [0.4, 0.5) is 18.9 Å². The van der Waals surface area contributed by atoms with Gasteiger partial charge >= 0.3 is 6.18 Å². The molecule has 2 saturated heterocycles. The van der Waals surface area contributed by atoms with Crippen molar-refractivity contribution in [3.63, 3.8) is 0 Å². The van der Waals surface area contributed by atoms with E-state index in [0.29, 0.717) is 30.1 Å². The van der Waals surface area contributed by atoms with Gasteiger partial charge in [0, 0.05) is 24.7 Å². The summed E-state index contributed by atoms with van der Waals surface area (Å²) in [5.41, 5.74) is 0.311. The molecule has 2 atom stereocenters. The Hall–Kier alpha value is -1.57. The van der Waals surface area contributed by atoms with Crippen molar-refractivity contribution < 1.29 is 18.0 Å². The molecular weight excluding hydrogens is 297 g/mol. The van der Waals surface area contributed by atoms with Gasteiger partial charge in [-0.05, 0) is 31.6 Å². The normalized spacial score (nSPS) is 27.9. The molecule has 0 aromatic carbocycles. The van der Waals surface area contributed by atoms with Crippen molar-refractivity contribution >= 4 is 11.6 Å². The summed E-state index contributed by atoms with van der Waals surface area (Å²) < 4.78 is 37.5. The number of amides is 1. The summed E-state index contributed by atoms with van der Waals surface area (Å²) in [4.78, 5) is 12.0. The molecule has 3 heterocycles.